The van der Waals surface area contributed by atoms with Gasteiger partial charge in [-0.3, -0.25) is 4.74 Å². The van der Waals surface area contributed by atoms with Gasteiger partial charge in [0.2, 0.25) is 0 Å². The van der Waals surface area contributed by atoms with Crippen LogP contribution in [0.3, 0.4) is 0 Å². The lowest BCUT2D eigenvalue weighted by atomic mass is 10.1. The molecule has 0 fully saturated rings. The van der Waals surface area contributed by atoms with E-state index >= 15 is 0 Å². The first kappa shape index (κ1) is 19.7. The van der Waals surface area contributed by atoms with Crippen molar-refractivity contribution in [3.63, 3.8) is 0 Å². The highest BCUT2D eigenvalue weighted by Crippen LogP contribution is 2.27. The molecule has 2 rings (SSSR count). The zero-order valence-corrected chi connectivity index (χ0v) is 14.3. The second kappa shape index (κ2) is 8.67. The van der Waals surface area contributed by atoms with Gasteiger partial charge >= 0.3 is 12.3 Å². The molecule has 3 nitrogen and oxygen atoms in total. The molecule has 1 atom stereocenters. The molecule has 6 heteroatoms. The Bertz CT molecular complexity index is 734. The number of allylic oxidation sites excluding steroid dienone is 1. The average Bonchev–Trinajstić information content (AvgIpc) is 2.60. The molecule has 1 unspecified atom stereocenters. The summed E-state index contributed by atoms with van der Waals surface area (Å²) in [6, 6.07) is 12.8. The highest BCUT2D eigenvalue weighted by Gasteiger charge is 2.32. The number of aryl methyl sites for hydroxylation is 1. The first-order valence-corrected chi connectivity index (χ1v) is 8.05. The number of hydrogen-bond acceptors (Lipinski definition) is 3. The van der Waals surface area contributed by atoms with E-state index in [2.05, 4.69) is 11.3 Å². The maximum absolute atomic E-state index is 12.2. The van der Waals surface area contributed by atoms with Crippen LogP contribution >= 0.6 is 0 Å². The standard InChI is InChI=1S/C20H19F3O3/c1-3-4-5-15-6-12-18(13-7-15)25-19(24)17-10-8-16(9-11-17)14(2)26-20(21,22)23/h3,6-14H,1,4-5H2,2H3. The van der Waals surface area contributed by atoms with Crippen LogP contribution in [0.1, 0.15) is 40.9 Å². The normalized spacial score (nSPS) is 12.5. The summed E-state index contributed by atoms with van der Waals surface area (Å²) in [4.78, 5) is 12.1. The third kappa shape index (κ3) is 6.04. The molecule has 138 valence electrons. The minimum Gasteiger partial charge on any atom is -0.423 e. The van der Waals surface area contributed by atoms with Gasteiger partial charge < -0.3 is 4.74 Å². The molecule has 26 heavy (non-hydrogen) atoms. The third-order valence-electron chi connectivity index (χ3n) is 3.70. The molecular formula is C20H19F3O3. The van der Waals surface area contributed by atoms with Crippen molar-refractivity contribution < 1.29 is 27.4 Å². The molecule has 0 aliphatic rings. The molecule has 0 aliphatic carbocycles. The van der Waals surface area contributed by atoms with E-state index in [4.69, 9.17) is 4.74 Å². The van der Waals surface area contributed by atoms with Crippen molar-refractivity contribution in [2.24, 2.45) is 0 Å². The van der Waals surface area contributed by atoms with Gasteiger partial charge in [-0.05, 0) is 55.2 Å². The topological polar surface area (TPSA) is 35.5 Å². The van der Waals surface area contributed by atoms with Crippen molar-refractivity contribution in [2.75, 3.05) is 0 Å². The molecule has 0 saturated heterocycles. The molecule has 0 saturated carbocycles. The van der Waals surface area contributed by atoms with Gasteiger partial charge in [-0.15, -0.1) is 19.8 Å². The predicted octanol–water partition coefficient (Wildman–Crippen LogP) is 5.62. The van der Waals surface area contributed by atoms with Crippen molar-refractivity contribution in [1.29, 1.82) is 0 Å². The van der Waals surface area contributed by atoms with Gasteiger partial charge in [0, 0.05) is 0 Å². The van der Waals surface area contributed by atoms with E-state index in [1.165, 1.54) is 31.2 Å². The number of ether oxygens (including phenoxy) is 2. The largest absolute Gasteiger partial charge is 0.523 e. The van der Waals surface area contributed by atoms with Gasteiger partial charge in [-0.2, -0.15) is 0 Å². The second-order valence-electron chi connectivity index (χ2n) is 5.69. The Kier molecular flexibility index (Phi) is 6.58. The van der Waals surface area contributed by atoms with Crippen LogP contribution in [0.5, 0.6) is 5.75 Å². The van der Waals surface area contributed by atoms with Crippen LogP contribution in [0.15, 0.2) is 61.2 Å². The minimum absolute atomic E-state index is 0.240. The number of esters is 1. The Morgan fingerprint density at radius 2 is 1.73 bits per heavy atom. The Morgan fingerprint density at radius 1 is 1.12 bits per heavy atom. The van der Waals surface area contributed by atoms with Crippen molar-refractivity contribution >= 4 is 5.97 Å². The fourth-order valence-electron chi connectivity index (χ4n) is 2.32. The smallest absolute Gasteiger partial charge is 0.423 e. The lowest BCUT2D eigenvalue weighted by molar-refractivity contribution is -0.342. The third-order valence-corrected chi connectivity index (χ3v) is 3.70. The minimum atomic E-state index is -4.71. The summed E-state index contributed by atoms with van der Waals surface area (Å²) in [5, 5.41) is 0. The van der Waals surface area contributed by atoms with Crippen LogP contribution in [0.2, 0.25) is 0 Å². The summed E-state index contributed by atoms with van der Waals surface area (Å²) in [6.07, 6.45) is -2.32. The van der Waals surface area contributed by atoms with E-state index < -0.39 is 18.4 Å². The van der Waals surface area contributed by atoms with Crippen LogP contribution in [0.25, 0.3) is 0 Å². The first-order chi connectivity index (χ1) is 12.3. The summed E-state index contributed by atoms with van der Waals surface area (Å²) in [5.74, 6) is -0.185. The zero-order valence-electron chi connectivity index (χ0n) is 14.3. The van der Waals surface area contributed by atoms with Crippen molar-refractivity contribution in [2.45, 2.75) is 32.2 Å². The summed E-state index contributed by atoms with van der Waals surface area (Å²) in [6.45, 7) is 4.95. The molecule has 0 spiro atoms. The highest BCUT2D eigenvalue weighted by molar-refractivity contribution is 5.91. The maximum Gasteiger partial charge on any atom is 0.523 e. The first-order valence-electron chi connectivity index (χ1n) is 8.05. The summed E-state index contributed by atoms with van der Waals surface area (Å²) >= 11 is 0. The fraction of sp³-hybridized carbons (Fsp3) is 0.250. The van der Waals surface area contributed by atoms with E-state index in [1.807, 2.05) is 18.2 Å². The van der Waals surface area contributed by atoms with Crippen molar-refractivity contribution in [3.05, 3.63) is 77.9 Å². The van der Waals surface area contributed by atoms with E-state index in [-0.39, 0.29) is 5.56 Å². The number of carbonyl (C=O) groups is 1. The van der Waals surface area contributed by atoms with Gasteiger partial charge in [-0.25, -0.2) is 4.79 Å². The fourth-order valence-corrected chi connectivity index (χ4v) is 2.32. The lowest BCUT2D eigenvalue weighted by Crippen LogP contribution is -2.16. The molecule has 2 aromatic carbocycles. The van der Waals surface area contributed by atoms with Crippen LogP contribution in [-0.2, 0) is 11.2 Å². The average molecular weight is 364 g/mol. The molecule has 0 aliphatic heterocycles. The monoisotopic (exact) mass is 364 g/mol. The van der Waals surface area contributed by atoms with Crippen molar-refractivity contribution in [3.8, 4) is 5.75 Å². The summed E-state index contributed by atoms with van der Waals surface area (Å²) < 4.78 is 45.9. The molecule has 0 amide bonds. The number of alkyl halides is 3. The Balaban J connectivity index is 1.98. The van der Waals surface area contributed by atoms with Gasteiger partial charge in [0.15, 0.2) is 0 Å². The molecule has 0 heterocycles. The Labute approximate surface area is 150 Å². The molecular weight excluding hydrogens is 345 g/mol. The van der Waals surface area contributed by atoms with Crippen molar-refractivity contribution in [1.82, 2.24) is 0 Å². The van der Waals surface area contributed by atoms with Gasteiger partial charge in [0.1, 0.15) is 5.75 Å². The number of carbonyl (C=O) groups excluding carboxylic acids is 1. The number of benzene rings is 2. The van der Waals surface area contributed by atoms with Crippen LogP contribution in [-0.4, -0.2) is 12.3 Å². The maximum atomic E-state index is 12.2. The van der Waals surface area contributed by atoms with Gasteiger partial charge in [-0.1, -0.05) is 30.3 Å². The molecule has 2 aromatic rings. The van der Waals surface area contributed by atoms with E-state index in [9.17, 15) is 18.0 Å². The van der Waals surface area contributed by atoms with Gasteiger partial charge in [0.25, 0.3) is 0 Å². The van der Waals surface area contributed by atoms with E-state index in [0.717, 1.165) is 18.4 Å². The Hall–Kier alpha value is -2.60. The van der Waals surface area contributed by atoms with Crippen LogP contribution in [0.4, 0.5) is 13.2 Å². The van der Waals surface area contributed by atoms with Gasteiger partial charge in [0.05, 0.1) is 11.7 Å². The van der Waals surface area contributed by atoms with Crippen LogP contribution < -0.4 is 4.74 Å². The SMILES string of the molecule is C=CCCc1ccc(OC(=O)c2ccc(C(C)OC(F)(F)F)cc2)cc1. The molecule has 0 bridgehead atoms. The highest BCUT2D eigenvalue weighted by atomic mass is 19.4. The Morgan fingerprint density at radius 3 is 2.27 bits per heavy atom. The predicted molar refractivity (Wildman–Crippen MR) is 91.9 cm³/mol. The number of rotatable bonds is 7. The summed E-state index contributed by atoms with van der Waals surface area (Å²) in [7, 11) is 0. The molecule has 0 aromatic heterocycles. The van der Waals surface area contributed by atoms with Crippen LogP contribution in [0, 0.1) is 0 Å². The zero-order chi connectivity index (χ0) is 19.2. The second-order valence-corrected chi connectivity index (χ2v) is 5.69. The molecule has 0 radical (unpaired) electrons. The van der Waals surface area contributed by atoms with E-state index in [0.29, 0.717) is 11.3 Å². The molecule has 0 N–H and O–H groups in total. The number of halogens is 3. The quantitative estimate of drug-likeness (QED) is 0.363. The number of hydrogen-bond donors (Lipinski definition) is 0. The summed E-state index contributed by atoms with van der Waals surface area (Å²) in [5.41, 5.74) is 1.65. The lowest BCUT2D eigenvalue weighted by Gasteiger charge is -2.15. The van der Waals surface area contributed by atoms with E-state index in [1.54, 1.807) is 12.1 Å².